The lowest BCUT2D eigenvalue weighted by Crippen LogP contribution is -2.15. The zero-order valence-electron chi connectivity index (χ0n) is 20.5. The van der Waals surface area contributed by atoms with E-state index in [9.17, 15) is 27.2 Å². The average Bonchev–Trinajstić information content (AvgIpc) is 3.24. The number of hydrogen-bond donors (Lipinski definition) is 0. The molecule has 0 unspecified atom stereocenters. The van der Waals surface area contributed by atoms with Gasteiger partial charge in [-0.15, -0.1) is 5.10 Å². The van der Waals surface area contributed by atoms with Crippen molar-refractivity contribution in [2.75, 3.05) is 0 Å². The first-order valence-corrected chi connectivity index (χ1v) is 11.4. The Hall–Kier alpha value is -4.75. The first-order chi connectivity index (χ1) is 18.6. The molecule has 4 rings (SSSR count). The van der Waals surface area contributed by atoms with Crippen LogP contribution in [0.15, 0.2) is 48.9 Å². The molecule has 39 heavy (non-hydrogen) atoms. The van der Waals surface area contributed by atoms with Crippen molar-refractivity contribution in [2.24, 2.45) is 7.05 Å². The van der Waals surface area contributed by atoms with Crippen LogP contribution >= 0.6 is 0 Å². The van der Waals surface area contributed by atoms with E-state index in [1.165, 1.54) is 48.3 Å². The molecular weight excluding hydrogens is 524 g/mol. The topological polar surface area (TPSA) is 122 Å². The molecule has 202 valence electrons. The molecule has 0 aliphatic carbocycles. The van der Waals surface area contributed by atoms with Gasteiger partial charge in [-0.05, 0) is 36.8 Å². The van der Waals surface area contributed by atoms with E-state index in [0.717, 1.165) is 6.07 Å². The molecule has 0 radical (unpaired) electrons. The Morgan fingerprint density at radius 1 is 1.03 bits per heavy atom. The van der Waals surface area contributed by atoms with Gasteiger partial charge >= 0.3 is 12.6 Å². The van der Waals surface area contributed by atoms with Crippen LogP contribution in [0.2, 0.25) is 0 Å². The number of carbonyl (C=O) groups is 2. The highest BCUT2D eigenvalue weighted by Crippen LogP contribution is 2.24. The summed E-state index contributed by atoms with van der Waals surface area (Å²) < 4.78 is 63.0. The molecule has 0 saturated heterocycles. The minimum absolute atomic E-state index is 0.106. The molecule has 4 aromatic rings. The number of aryl methyl sites for hydroxylation is 1. The van der Waals surface area contributed by atoms with Crippen molar-refractivity contribution in [2.45, 2.75) is 32.5 Å². The average molecular weight is 544 g/mol. The van der Waals surface area contributed by atoms with Crippen molar-refractivity contribution < 1.29 is 36.6 Å². The number of nitrogens with zero attached hydrogens (tertiary/aromatic N) is 6. The number of ether oxygens (including phenoxy) is 2. The standard InChI is InChI=1S/C25H20F4N6O4/c1-13(17-9-16(26)12-32-24(17)27)38-22(37)10-19-23(33-34-35(19)2)18-4-3-15(11-31-18)20(36)7-14-5-6-30-21(8-14)39-25(28)29/h3-6,8-9,11-13,25H,7,10H2,1-2H3/t13-/m1/s1. The minimum atomic E-state index is -3.04. The summed E-state index contributed by atoms with van der Waals surface area (Å²) in [6, 6.07) is 6.66. The number of halogens is 4. The van der Waals surface area contributed by atoms with Crippen LogP contribution in [0, 0.1) is 11.8 Å². The number of carbonyl (C=O) groups excluding carboxylic acids is 2. The third-order valence-corrected chi connectivity index (χ3v) is 5.54. The van der Waals surface area contributed by atoms with Crippen LogP contribution in [0.5, 0.6) is 5.88 Å². The molecule has 10 nitrogen and oxygen atoms in total. The van der Waals surface area contributed by atoms with Gasteiger partial charge in [0.1, 0.15) is 17.6 Å². The monoisotopic (exact) mass is 544 g/mol. The van der Waals surface area contributed by atoms with Gasteiger partial charge in [-0.2, -0.15) is 13.2 Å². The fraction of sp³-hybridized carbons (Fsp3) is 0.240. The van der Waals surface area contributed by atoms with E-state index in [1.807, 2.05) is 0 Å². The maximum atomic E-state index is 13.9. The highest BCUT2D eigenvalue weighted by molar-refractivity contribution is 5.97. The first-order valence-electron chi connectivity index (χ1n) is 11.4. The minimum Gasteiger partial charge on any atom is -0.457 e. The normalized spacial score (nSPS) is 11.9. The molecule has 4 heterocycles. The van der Waals surface area contributed by atoms with Gasteiger partial charge in [-0.3, -0.25) is 19.3 Å². The van der Waals surface area contributed by atoms with Crippen LogP contribution in [-0.2, 0) is 29.4 Å². The quantitative estimate of drug-likeness (QED) is 0.127. The lowest BCUT2D eigenvalue weighted by Gasteiger charge is -2.14. The molecule has 0 amide bonds. The second-order valence-electron chi connectivity index (χ2n) is 8.26. The van der Waals surface area contributed by atoms with Gasteiger partial charge in [0, 0.05) is 37.5 Å². The summed E-state index contributed by atoms with van der Waals surface area (Å²) >= 11 is 0. The Morgan fingerprint density at radius 3 is 2.54 bits per heavy atom. The molecule has 0 saturated carbocycles. The number of hydrogen-bond acceptors (Lipinski definition) is 9. The molecule has 0 spiro atoms. The van der Waals surface area contributed by atoms with Crippen molar-refractivity contribution in [3.63, 3.8) is 0 Å². The van der Waals surface area contributed by atoms with Crippen LogP contribution in [0.1, 0.15) is 40.2 Å². The number of pyridine rings is 3. The summed E-state index contributed by atoms with van der Waals surface area (Å²) in [6.45, 7) is -1.65. The van der Waals surface area contributed by atoms with Crippen molar-refractivity contribution in [1.29, 1.82) is 0 Å². The second-order valence-corrected chi connectivity index (χ2v) is 8.26. The molecule has 0 N–H and O–H groups in total. The Bertz CT molecular complexity index is 1500. The summed E-state index contributed by atoms with van der Waals surface area (Å²) in [4.78, 5) is 36.5. The highest BCUT2D eigenvalue weighted by atomic mass is 19.3. The third-order valence-electron chi connectivity index (χ3n) is 5.54. The van der Waals surface area contributed by atoms with Gasteiger partial charge in [0.25, 0.3) is 0 Å². The number of Topliss-reactive ketones (excluding diaryl/α,β-unsaturated/α-hetero) is 1. The number of aromatic nitrogens is 6. The highest BCUT2D eigenvalue weighted by Gasteiger charge is 2.22. The van der Waals surface area contributed by atoms with Crippen LogP contribution in [0.4, 0.5) is 17.6 Å². The van der Waals surface area contributed by atoms with Crippen LogP contribution in [-0.4, -0.2) is 48.3 Å². The third kappa shape index (κ3) is 6.77. The van der Waals surface area contributed by atoms with Gasteiger partial charge in [-0.25, -0.2) is 14.4 Å². The lowest BCUT2D eigenvalue weighted by atomic mass is 10.0. The zero-order valence-corrected chi connectivity index (χ0v) is 20.5. The van der Waals surface area contributed by atoms with Crippen LogP contribution in [0.25, 0.3) is 11.4 Å². The first kappa shape index (κ1) is 27.3. The van der Waals surface area contributed by atoms with Crippen LogP contribution in [0.3, 0.4) is 0 Å². The number of esters is 1. The Labute approximate surface area is 218 Å². The maximum Gasteiger partial charge on any atom is 0.388 e. The zero-order chi connectivity index (χ0) is 28.1. The smallest absolute Gasteiger partial charge is 0.388 e. The number of alkyl halides is 2. The van der Waals surface area contributed by atoms with Crippen molar-refractivity contribution >= 4 is 11.8 Å². The number of ketones is 1. The SMILES string of the molecule is C[C@@H](OC(=O)Cc1c(-c2ccc(C(=O)Cc3ccnc(OC(F)F)c3)cn2)nnn1C)c1cc(F)cnc1F. The van der Waals surface area contributed by atoms with Gasteiger partial charge in [-0.1, -0.05) is 5.21 Å². The van der Waals surface area contributed by atoms with Gasteiger partial charge in [0.15, 0.2) is 5.78 Å². The van der Waals surface area contributed by atoms with Crippen LogP contribution < -0.4 is 4.74 Å². The largest absolute Gasteiger partial charge is 0.457 e. The number of rotatable bonds is 10. The summed E-state index contributed by atoms with van der Waals surface area (Å²) in [5.74, 6) is -3.11. The van der Waals surface area contributed by atoms with E-state index in [2.05, 4.69) is 30.0 Å². The van der Waals surface area contributed by atoms with Crippen molar-refractivity contribution in [3.05, 3.63) is 83.1 Å². The van der Waals surface area contributed by atoms with E-state index in [1.54, 1.807) is 7.05 Å². The molecule has 1 atom stereocenters. The Kier molecular flexibility index (Phi) is 8.22. The molecule has 14 heteroatoms. The summed E-state index contributed by atoms with van der Waals surface area (Å²) in [7, 11) is 1.55. The van der Waals surface area contributed by atoms with Crippen molar-refractivity contribution in [3.8, 4) is 17.3 Å². The molecule has 0 aromatic carbocycles. The fourth-order valence-corrected chi connectivity index (χ4v) is 3.64. The maximum absolute atomic E-state index is 13.9. The molecule has 0 bridgehead atoms. The summed E-state index contributed by atoms with van der Waals surface area (Å²) in [5, 5.41) is 7.95. The van der Waals surface area contributed by atoms with E-state index in [4.69, 9.17) is 4.74 Å². The predicted octanol–water partition coefficient (Wildman–Crippen LogP) is 3.82. The summed E-state index contributed by atoms with van der Waals surface area (Å²) in [5.41, 5.74) is 1.36. The fourth-order valence-electron chi connectivity index (χ4n) is 3.64. The molecular formula is C25H20F4N6O4. The molecule has 0 aliphatic heterocycles. The van der Waals surface area contributed by atoms with Gasteiger partial charge < -0.3 is 9.47 Å². The second kappa shape index (κ2) is 11.8. The Balaban J connectivity index is 1.44. The molecule has 0 fully saturated rings. The lowest BCUT2D eigenvalue weighted by molar-refractivity contribution is -0.148. The van der Waals surface area contributed by atoms with E-state index >= 15 is 0 Å². The van der Waals surface area contributed by atoms with Crippen molar-refractivity contribution in [1.82, 2.24) is 29.9 Å². The summed E-state index contributed by atoms with van der Waals surface area (Å²) in [6.07, 6.45) is 1.77. The predicted molar refractivity (Wildman–Crippen MR) is 126 cm³/mol. The van der Waals surface area contributed by atoms with E-state index in [0.29, 0.717) is 23.1 Å². The van der Waals surface area contributed by atoms with Gasteiger partial charge in [0.2, 0.25) is 11.8 Å². The van der Waals surface area contributed by atoms with E-state index in [-0.39, 0.29) is 41.3 Å². The molecule has 4 aromatic heterocycles. The van der Waals surface area contributed by atoms with E-state index < -0.39 is 30.4 Å². The molecule has 0 aliphatic rings. The van der Waals surface area contributed by atoms with Gasteiger partial charge in [0.05, 0.1) is 29.6 Å². The Morgan fingerprint density at radius 2 is 1.82 bits per heavy atom.